The van der Waals surface area contributed by atoms with Gasteiger partial charge in [-0.25, -0.2) is 0 Å². The fraction of sp³-hybridized carbons (Fsp3) is 0.235. The Morgan fingerprint density at radius 2 is 1.00 bits per heavy atom. The summed E-state index contributed by atoms with van der Waals surface area (Å²) in [5.41, 5.74) is 7.80. The molecular formula is C34H32IrN9-3. The van der Waals surface area contributed by atoms with Crippen molar-refractivity contribution in [3.8, 4) is 0 Å². The Labute approximate surface area is 269 Å². The molecule has 0 aliphatic heterocycles. The number of benzene rings is 3. The molecule has 1 radical (unpaired) electrons. The van der Waals surface area contributed by atoms with Gasteiger partial charge in [-0.05, 0) is 70.7 Å². The van der Waals surface area contributed by atoms with E-state index in [1.54, 1.807) is 0 Å². The smallest absolute Gasteiger partial charge is 0.0546 e. The summed E-state index contributed by atoms with van der Waals surface area (Å²) in [4.78, 5) is 38.1. The van der Waals surface area contributed by atoms with Crippen molar-refractivity contribution in [3.63, 3.8) is 0 Å². The summed E-state index contributed by atoms with van der Waals surface area (Å²) < 4.78 is 0. The Bertz CT molecular complexity index is 1800. The molecular weight excluding hydrogens is 727 g/mol. The molecule has 0 fully saturated rings. The van der Waals surface area contributed by atoms with Gasteiger partial charge in [-0.3, -0.25) is 14.8 Å². The fourth-order valence-electron chi connectivity index (χ4n) is 5.54. The van der Waals surface area contributed by atoms with E-state index in [1.807, 2.05) is 85.1 Å². The summed E-state index contributed by atoms with van der Waals surface area (Å²) in [6.07, 6.45) is 2.80. The van der Waals surface area contributed by atoms with Gasteiger partial charge in [0, 0.05) is 59.0 Å². The molecule has 9 nitrogen and oxygen atoms in total. The predicted octanol–water partition coefficient (Wildman–Crippen LogP) is 5.00. The molecule has 0 atom stereocenters. The van der Waals surface area contributed by atoms with E-state index in [0.717, 1.165) is 82.3 Å². The Balaban J connectivity index is 0.00000343. The first kappa shape index (κ1) is 29.8. The minimum absolute atomic E-state index is 0. The average molecular weight is 759 g/mol. The molecule has 0 unspecified atom stereocenters. The van der Waals surface area contributed by atoms with Crippen LogP contribution in [0.4, 0.5) is 0 Å². The maximum atomic E-state index is 4.79. The predicted molar refractivity (Wildman–Crippen MR) is 167 cm³/mol. The van der Waals surface area contributed by atoms with Crippen LogP contribution < -0.4 is 15.0 Å². The summed E-state index contributed by atoms with van der Waals surface area (Å²) in [6, 6.07) is 28.2. The van der Waals surface area contributed by atoms with Crippen LogP contribution in [0.25, 0.3) is 33.1 Å². The van der Waals surface area contributed by atoms with Crippen molar-refractivity contribution in [1.29, 1.82) is 0 Å². The third-order valence-electron chi connectivity index (χ3n) is 7.54. The van der Waals surface area contributed by atoms with E-state index in [0.29, 0.717) is 19.6 Å². The topological polar surface area (TPSA) is 100 Å². The number of hydrogen-bond acceptors (Lipinski definition) is 6. The minimum Gasteiger partial charge on any atom is -0.438 e. The van der Waals surface area contributed by atoms with E-state index in [9.17, 15) is 0 Å². The van der Waals surface area contributed by atoms with Crippen LogP contribution in [0, 0.1) is 6.92 Å². The van der Waals surface area contributed by atoms with E-state index < -0.39 is 0 Å². The van der Waals surface area contributed by atoms with Crippen molar-refractivity contribution in [2.45, 2.75) is 39.5 Å². The maximum absolute atomic E-state index is 4.79. The molecule has 3 aromatic carbocycles. The quantitative estimate of drug-likeness (QED) is 0.171. The van der Waals surface area contributed by atoms with Crippen LogP contribution in [0.2, 0.25) is 0 Å². The zero-order chi connectivity index (χ0) is 29.0. The van der Waals surface area contributed by atoms with E-state index >= 15 is 0 Å². The van der Waals surface area contributed by atoms with E-state index in [4.69, 9.17) is 29.9 Å². The van der Waals surface area contributed by atoms with Crippen molar-refractivity contribution in [3.05, 3.63) is 120 Å². The number of fused-ring (bicyclic) bond motifs is 3. The number of hydrogen-bond donors (Lipinski definition) is 0. The molecule has 7 rings (SSSR count). The largest absolute Gasteiger partial charge is 0.438 e. The number of aromatic nitrogens is 7. The Morgan fingerprint density at radius 3 is 1.43 bits per heavy atom. The first-order chi connectivity index (χ1) is 21.1. The minimum atomic E-state index is 0. The number of imidazole rings is 3. The normalized spacial score (nSPS) is 11.7. The van der Waals surface area contributed by atoms with Crippen molar-refractivity contribution in [2.75, 3.05) is 13.1 Å². The third-order valence-corrected chi connectivity index (χ3v) is 7.54. The Morgan fingerprint density at radius 1 is 0.568 bits per heavy atom. The molecule has 44 heavy (non-hydrogen) atoms. The Kier molecular flexibility index (Phi) is 9.23. The number of aryl methyl sites for hydroxylation is 1. The number of pyridine rings is 1. The molecule has 10 heteroatoms. The molecule has 7 aromatic rings. The molecule has 0 bridgehead atoms. The molecule has 0 saturated heterocycles. The van der Waals surface area contributed by atoms with Gasteiger partial charge in [0.15, 0.2) is 0 Å². The molecule has 0 aliphatic carbocycles. The summed E-state index contributed by atoms with van der Waals surface area (Å²) >= 11 is 0. The second kappa shape index (κ2) is 13.6. The maximum Gasteiger partial charge on any atom is 0.0546 e. The second-order valence-corrected chi connectivity index (χ2v) is 11.0. The monoisotopic (exact) mass is 759 g/mol. The van der Waals surface area contributed by atoms with Gasteiger partial charge in [0.05, 0.1) is 5.69 Å². The third kappa shape index (κ3) is 7.11. The van der Waals surface area contributed by atoms with Crippen LogP contribution in [-0.4, -0.2) is 42.8 Å². The van der Waals surface area contributed by atoms with Crippen LogP contribution in [0.3, 0.4) is 0 Å². The molecule has 4 heterocycles. The number of nitrogens with zero attached hydrogens (tertiary/aromatic N) is 9. The summed E-state index contributed by atoms with van der Waals surface area (Å²) in [7, 11) is 0. The van der Waals surface area contributed by atoms with Crippen molar-refractivity contribution in [2.24, 2.45) is 0 Å². The zero-order valence-corrected chi connectivity index (χ0v) is 26.9. The molecule has 0 amide bonds. The van der Waals surface area contributed by atoms with Crippen molar-refractivity contribution >= 4 is 33.1 Å². The van der Waals surface area contributed by atoms with Crippen LogP contribution in [0.1, 0.15) is 35.2 Å². The standard InChI is InChI=1S/C34H32N9.Ir/c1-24-15-16-35-25(19-24)20-42(21-32-36-26-9-2-3-10-27(26)37-32)17-8-18-43(22-33-38-28-11-4-5-12-29(28)39-33)23-34-40-30-13-6-7-14-31(30)41-34;/h2-7,9-16,19H,8,17-18,20-23H2,1H3;/q-3;. The summed E-state index contributed by atoms with van der Waals surface area (Å²) in [5, 5.41) is 0. The van der Waals surface area contributed by atoms with E-state index in [2.05, 4.69) is 27.8 Å². The Hall–Kier alpha value is -4.21. The van der Waals surface area contributed by atoms with Gasteiger partial charge in [-0.1, -0.05) is 90.3 Å². The van der Waals surface area contributed by atoms with Crippen LogP contribution in [0.5, 0.6) is 0 Å². The molecule has 0 saturated carbocycles. The van der Waals surface area contributed by atoms with Gasteiger partial charge in [0.2, 0.25) is 0 Å². The van der Waals surface area contributed by atoms with Crippen molar-refractivity contribution < 1.29 is 20.1 Å². The molecule has 4 aromatic heterocycles. The average Bonchev–Trinajstić information content (AvgIpc) is 3.72. The molecule has 0 aliphatic rings. The van der Waals surface area contributed by atoms with Gasteiger partial charge in [-0.15, -0.1) is 0 Å². The van der Waals surface area contributed by atoms with Gasteiger partial charge < -0.3 is 29.9 Å². The van der Waals surface area contributed by atoms with Crippen LogP contribution in [-0.2, 0) is 46.3 Å². The first-order valence-corrected chi connectivity index (χ1v) is 14.7. The zero-order valence-electron chi connectivity index (χ0n) is 24.5. The van der Waals surface area contributed by atoms with E-state index in [1.165, 1.54) is 5.56 Å². The first-order valence-electron chi connectivity index (χ1n) is 14.7. The molecule has 0 spiro atoms. The van der Waals surface area contributed by atoms with Gasteiger partial charge in [0.1, 0.15) is 0 Å². The SMILES string of the molecule is Cc1ccnc(CN(CCCN(Cc2nc3ccccc3[n-]2)Cc2nc3ccccc3[n-]2)Cc2nc3ccccc3[n-]2)c1.[Ir]. The van der Waals surface area contributed by atoms with Gasteiger partial charge in [-0.2, -0.15) is 0 Å². The summed E-state index contributed by atoms with van der Waals surface area (Å²) in [5.74, 6) is 2.46. The van der Waals surface area contributed by atoms with Crippen molar-refractivity contribution in [1.82, 2.24) is 44.7 Å². The number of rotatable bonds is 12. The summed E-state index contributed by atoms with van der Waals surface area (Å²) in [6.45, 7) is 6.40. The van der Waals surface area contributed by atoms with Gasteiger partial charge >= 0.3 is 0 Å². The van der Waals surface area contributed by atoms with Crippen LogP contribution >= 0.6 is 0 Å². The molecule has 0 N–H and O–H groups in total. The molecule has 225 valence electrons. The van der Waals surface area contributed by atoms with Crippen LogP contribution in [0.15, 0.2) is 91.1 Å². The van der Waals surface area contributed by atoms with Gasteiger partial charge in [0.25, 0.3) is 0 Å². The number of para-hydroxylation sites is 6. The second-order valence-electron chi connectivity index (χ2n) is 11.0. The van der Waals surface area contributed by atoms with E-state index in [-0.39, 0.29) is 20.1 Å². The fourth-order valence-corrected chi connectivity index (χ4v) is 5.54.